The van der Waals surface area contributed by atoms with Crippen LogP contribution >= 0.6 is 14.3 Å². The minimum Gasteiger partial charge on any atom is -0.313 e. The molecule has 4 aromatic rings. The molecule has 0 N–H and O–H groups in total. The maximum Gasteiger partial charge on any atom is 0.154 e. The van der Waals surface area contributed by atoms with Crippen molar-refractivity contribution in [3.63, 3.8) is 0 Å². The summed E-state index contributed by atoms with van der Waals surface area (Å²) in [5, 5.41) is 2.02. The highest BCUT2D eigenvalue weighted by molar-refractivity contribution is 7.93. The van der Waals surface area contributed by atoms with Crippen LogP contribution in [0.1, 0.15) is 34.1 Å². The first-order valence-electron chi connectivity index (χ1n) is 13.9. The number of rotatable bonds is 9. The Morgan fingerprint density at radius 3 is 1.90 bits per heavy atom. The van der Waals surface area contributed by atoms with Crippen LogP contribution in [0, 0.1) is 11.6 Å². The molecule has 0 spiro atoms. The van der Waals surface area contributed by atoms with Gasteiger partial charge in [0.05, 0.1) is 16.5 Å². The van der Waals surface area contributed by atoms with Gasteiger partial charge in [-0.2, -0.15) is 0 Å². The fourth-order valence-electron chi connectivity index (χ4n) is 4.66. The lowest BCUT2D eigenvalue weighted by atomic mass is 10.1. The van der Waals surface area contributed by atoms with Crippen molar-refractivity contribution in [3.8, 4) is 0 Å². The smallest absolute Gasteiger partial charge is 0.154 e. The first-order valence-corrected chi connectivity index (χ1v) is 17.7. The third-order valence-electron chi connectivity index (χ3n) is 7.04. The van der Waals surface area contributed by atoms with Crippen molar-refractivity contribution in [2.45, 2.75) is 34.1 Å². The second kappa shape index (κ2) is 15.1. The summed E-state index contributed by atoms with van der Waals surface area (Å²) in [4.78, 5) is 0. The van der Waals surface area contributed by atoms with Gasteiger partial charge in [0.1, 0.15) is 11.6 Å². The standard InChI is InChI=1S/C29H26F2O2P2.C7H12/c1-4-21(2)22(3)34(32,28-17-9-7-15-25(28)30)20-35(33,29-18-10-8-16-26(29)31)27-19-11-13-23-12-5-6-14-24(23)27;1-3-5-7-6-4-2/h4-19H,3,20H2,1-2H3;3,5-7H,4H2,1-2H3/b21-4+;5-3+,7-6-. The minimum atomic E-state index is -3.91. The van der Waals surface area contributed by atoms with Crippen LogP contribution in [0.2, 0.25) is 0 Å². The Hall–Kier alpha value is -3.58. The summed E-state index contributed by atoms with van der Waals surface area (Å²) in [6.45, 7) is 11.7. The SMILES string of the molecule is C/C=C/C=C\CC.C=C(/C(C)=C/C)P(=O)(CP(=O)(c1ccccc1F)c1cccc2ccccc12)c1ccccc1F. The number of allylic oxidation sites excluding steroid dienone is 7. The summed E-state index contributed by atoms with van der Waals surface area (Å²) in [5.41, 5.74) is 0.606. The van der Waals surface area contributed by atoms with Crippen molar-refractivity contribution in [2.24, 2.45) is 0 Å². The molecule has 0 saturated carbocycles. The van der Waals surface area contributed by atoms with Crippen molar-refractivity contribution in [3.05, 3.63) is 150 Å². The van der Waals surface area contributed by atoms with E-state index in [-0.39, 0.29) is 15.9 Å². The van der Waals surface area contributed by atoms with Crippen molar-refractivity contribution in [2.75, 3.05) is 5.90 Å². The van der Waals surface area contributed by atoms with Gasteiger partial charge in [-0.25, -0.2) is 8.78 Å². The van der Waals surface area contributed by atoms with E-state index in [9.17, 15) is 4.57 Å². The van der Waals surface area contributed by atoms with Crippen LogP contribution in [-0.2, 0) is 9.13 Å². The molecule has 0 aliphatic rings. The molecule has 2 atom stereocenters. The van der Waals surface area contributed by atoms with Gasteiger partial charge in [-0.15, -0.1) is 0 Å². The van der Waals surface area contributed by atoms with E-state index in [1.165, 1.54) is 36.4 Å². The number of hydrogen-bond acceptors (Lipinski definition) is 2. The zero-order chi connectivity index (χ0) is 30.8. The van der Waals surface area contributed by atoms with Crippen LogP contribution in [0.4, 0.5) is 8.78 Å². The molecule has 4 rings (SSSR count). The molecule has 0 aromatic heterocycles. The van der Waals surface area contributed by atoms with Gasteiger partial charge < -0.3 is 9.13 Å². The highest BCUT2D eigenvalue weighted by atomic mass is 31.2. The van der Waals surface area contributed by atoms with Gasteiger partial charge in [0.25, 0.3) is 0 Å². The molecular weight excluding hydrogens is 564 g/mol. The molecule has 0 saturated heterocycles. The normalized spacial score (nSPS) is 14.8. The Labute approximate surface area is 248 Å². The highest BCUT2D eigenvalue weighted by Gasteiger charge is 2.43. The van der Waals surface area contributed by atoms with Crippen LogP contribution < -0.4 is 15.9 Å². The minimum absolute atomic E-state index is 0.0288. The second-order valence-electron chi connectivity index (χ2n) is 9.80. The molecule has 6 heteroatoms. The fraction of sp³-hybridized carbons (Fsp3) is 0.167. The highest BCUT2D eigenvalue weighted by Crippen LogP contribution is 2.65. The number of benzene rings is 4. The molecule has 0 bridgehead atoms. The summed E-state index contributed by atoms with van der Waals surface area (Å²) in [7, 11) is -7.80. The summed E-state index contributed by atoms with van der Waals surface area (Å²) < 4.78 is 60.5. The molecule has 4 aromatic carbocycles. The Morgan fingerprint density at radius 1 is 0.762 bits per heavy atom. The molecule has 0 amide bonds. The lowest BCUT2D eigenvalue weighted by Crippen LogP contribution is -2.25. The summed E-state index contributed by atoms with van der Waals surface area (Å²) >= 11 is 0. The maximum atomic E-state index is 15.3. The summed E-state index contributed by atoms with van der Waals surface area (Å²) in [5.74, 6) is -1.78. The second-order valence-corrected chi connectivity index (χ2v) is 15.9. The monoisotopic (exact) mass is 602 g/mol. The Morgan fingerprint density at radius 2 is 1.31 bits per heavy atom. The number of hydrogen-bond donors (Lipinski definition) is 0. The average Bonchev–Trinajstić information content (AvgIpc) is 3.00. The van der Waals surface area contributed by atoms with Crippen LogP contribution in [0.5, 0.6) is 0 Å². The van der Waals surface area contributed by atoms with Crippen molar-refractivity contribution in [1.82, 2.24) is 0 Å². The molecule has 2 nitrogen and oxygen atoms in total. The predicted molar refractivity (Wildman–Crippen MR) is 179 cm³/mol. The lowest BCUT2D eigenvalue weighted by Gasteiger charge is -2.29. The number of fused-ring (bicyclic) bond motifs is 1. The zero-order valence-corrected chi connectivity index (χ0v) is 26.4. The first kappa shape index (κ1) is 32.9. The molecule has 0 fully saturated rings. The van der Waals surface area contributed by atoms with E-state index in [0.29, 0.717) is 16.3 Å². The van der Waals surface area contributed by atoms with E-state index in [2.05, 4.69) is 25.7 Å². The molecule has 2 unspecified atom stereocenters. The van der Waals surface area contributed by atoms with Gasteiger partial charge >= 0.3 is 0 Å². The van der Waals surface area contributed by atoms with Crippen molar-refractivity contribution in [1.29, 1.82) is 0 Å². The largest absolute Gasteiger partial charge is 0.313 e. The van der Waals surface area contributed by atoms with Gasteiger partial charge in [0.2, 0.25) is 0 Å². The van der Waals surface area contributed by atoms with Gasteiger partial charge in [0, 0.05) is 10.6 Å². The third kappa shape index (κ3) is 7.24. The molecule has 0 heterocycles. The van der Waals surface area contributed by atoms with Gasteiger partial charge in [0.15, 0.2) is 14.3 Å². The summed E-state index contributed by atoms with van der Waals surface area (Å²) in [6.07, 6.45) is 11.1. The van der Waals surface area contributed by atoms with Crippen LogP contribution in [0.25, 0.3) is 10.8 Å². The summed E-state index contributed by atoms with van der Waals surface area (Å²) in [6, 6.07) is 24.3. The van der Waals surface area contributed by atoms with Crippen LogP contribution in [0.3, 0.4) is 0 Å². The Bertz CT molecular complexity index is 1730. The molecule has 42 heavy (non-hydrogen) atoms. The fourth-order valence-corrected chi connectivity index (χ4v) is 13.1. The molecule has 0 aliphatic carbocycles. The van der Waals surface area contributed by atoms with Gasteiger partial charge in [-0.1, -0.05) is 111 Å². The molecule has 0 radical (unpaired) electrons. The van der Waals surface area contributed by atoms with Crippen LogP contribution in [-0.4, -0.2) is 5.90 Å². The Kier molecular flexibility index (Phi) is 11.8. The zero-order valence-electron chi connectivity index (χ0n) is 24.6. The van der Waals surface area contributed by atoms with E-state index in [1.54, 1.807) is 44.2 Å². The van der Waals surface area contributed by atoms with E-state index in [1.807, 2.05) is 49.4 Å². The van der Waals surface area contributed by atoms with Gasteiger partial charge in [-0.05, 0) is 67.8 Å². The van der Waals surface area contributed by atoms with Crippen molar-refractivity contribution >= 4 is 41.0 Å². The van der Waals surface area contributed by atoms with E-state index in [0.717, 1.165) is 11.8 Å². The van der Waals surface area contributed by atoms with E-state index in [4.69, 9.17) is 0 Å². The van der Waals surface area contributed by atoms with Gasteiger partial charge in [-0.3, -0.25) is 0 Å². The van der Waals surface area contributed by atoms with Crippen molar-refractivity contribution < 1.29 is 17.9 Å². The lowest BCUT2D eigenvalue weighted by molar-refractivity contribution is 0.578. The maximum absolute atomic E-state index is 15.3. The number of halogens is 2. The van der Waals surface area contributed by atoms with E-state index < -0.39 is 31.8 Å². The Balaban J connectivity index is 0.000000616. The molecular formula is C36H38F2O2P2. The quantitative estimate of drug-likeness (QED) is 0.141. The third-order valence-corrected chi connectivity index (χ3v) is 14.9. The van der Waals surface area contributed by atoms with Crippen LogP contribution in [0.15, 0.2) is 139 Å². The molecule has 0 aliphatic heterocycles. The molecule has 218 valence electrons. The topological polar surface area (TPSA) is 34.1 Å². The average molecular weight is 603 g/mol. The van der Waals surface area contributed by atoms with E-state index >= 15 is 13.3 Å². The first-order chi connectivity index (χ1) is 20.1. The predicted octanol–water partition coefficient (Wildman–Crippen LogP) is 10.1.